The van der Waals surface area contributed by atoms with E-state index >= 15 is 0 Å². The summed E-state index contributed by atoms with van der Waals surface area (Å²) in [5.74, 6) is 0.686. The smallest absolute Gasteiger partial charge is 0.251 e. The summed E-state index contributed by atoms with van der Waals surface area (Å²) in [6, 6.07) is 9.37. The first-order valence-electron chi connectivity index (χ1n) is 5.55. The Labute approximate surface area is 100 Å². The van der Waals surface area contributed by atoms with Gasteiger partial charge in [-0.3, -0.25) is 4.79 Å². The number of aryl methyl sites for hydroxylation is 1. The summed E-state index contributed by atoms with van der Waals surface area (Å²) in [6.07, 6.45) is 1.60. The molecule has 1 aromatic heterocycles. The van der Waals surface area contributed by atoms with Crippen LogP contribution in [0.5, 0.6) is 0 Å². The minimum absolute atomic E-state index is 0.0670. The fourth-order valence-corrected chi connectivity index (χ4v) is 1.67. The fraction of sp³-hybridized carbons (Fsp3) is 0.214. The van der Waals surface area contributed by atoms with Gasteiger partial charge in [0.25, 0.3) is 5.91 Å². The van der Waals surface area contributed by atoms with E-state index in [0.29, 0.717) is 6.54 Å². The molecule has 1 N–H and O–H groups in total. The molecule has 88 valence electrons. The zero-order valence-electron chi connectivity index (χ0n) is 9.99. The van der Waals surface area contributed by atoms with Crippen molar-refractivity contribution in [3.63, 3.8) is 0 Å². The van der Waals surface area contributed by atoms with Gasteiger partial charge < -0.3 is 9.73 Å². The first-order valence-corrected chi connectivity index (χ1v) is 5.55. The topological polar surface area (TPSA) is 42.2 Å². The first-order chi connectivity index (χ1) is 8.18. The van der Waals surface area contributed by atoms with Crippen LogP contribution in [-0.2, 0) is 6.54 Å². The van der Waals surface area contributed by atoms with Gasteiger partial charge in [0.2, 0.25) is 0 Å². The lowest BCUT2D eigenvalue weighted by atomic mass is 10.0. The molecule has 0 bridgehead atoms. The lowest BCUT2D eigenvalue weighted by molar-refractivity contribution is 0.0947. The maximum atomic E-state index is 12.0. The predicted molar refractivity (Wildman–Crippen MR) is 65.8 cm³/mol. The molecule has 0 aliphatic heterocycles. The summed E-state index contributed by atoms with van der Waals surface area (Å²) in [6.45, 7) is 4.37. The number of carbonyl (C=O) groups excluding carboxylic acids is 1. The van der Waals surface area contributed by atoms with E-state index < -0.39 is 0 Å². The quantitative estimate of drug-likeness (QED) is 0.879. The Morgan fingerprint density at radius 3 is 2.76 bits per heavy atom. The van der Waals surface area contributed by atoms with Crippen molar-refractivity contribution >= 4 is 5.91 Å². The molecular formula is C14H15NO2. The molecular weight excluding hydrogens is 214 g/mol. The predicted octanol–water partition coefficient (Wildman–Crippen LogP) is 2.83. The van der Waals surface area contributed by atoms with Crippen molar-refractivity contribution in [3.8, 4) is 0 Å². The molecule has 1 heterocycles. The third-order valence-corrected chi connectivity index (χ3v) is 2.85. The van der Waals surface area contributed by atoms with Crippen LogP contribution in [0.3, 0.4) is 0 Å². The summed E-state index contributed by atoms with van der Waals surface area (Å²) in [7, 11) is 0. The van der Waals surface area contributed by atoms with Crippen molar-refractivity contribution in [1.82, 2.24) is 5.32 Å². The van der Waals surface area contributed by atoms with Gasteiger partial charge in [-0.25, -0.2) is 0 Å². The second-order valence-electron chi connectivity index (χ2n) is 4.01. The number of rotatable bonds is 3. The van der Waals surface area contributed by atoms with Crippen LogP contribution in [0.15, 0.2) is 41.0 Å². The van der Waals surface area contributed by atoms with Crippen molar-refractivity contribution in [2.75, 3.05) is 0 Å². The highest BCUT2D eigenvalue weighted by atomic mass is 16.3. The van der Waals surface area contributed by atoms with Crippen LogP contribution in [0, 0.1) is 13.8 Å². The van der Waals surface area contributed by atoms with Gasteiger partial charge in [-0.1, -0.05) is 12.1 Å². The normalized spacial score (nSPS) is 10.2. The molecule has 1 aromatic carbocycles. The molecule has 0 fully saturated rings. The largest absolute Gasteiger partial charge is 0.467 e. The average Bonchev–Trinajstić information content (AvgIpc) is 2.82. The molecule has 1 amide bonds. The van der Waals surface area contributed by atoms with E-state index in [1.165, 1.54) is 0 Å². The molecule has 2 rings (SSSR count). The van der Waals surface area contributed by atoms with Crippen molar-refractivity contribution in [2.24, 2.45) is 0 Å². The molecule has 0 saturated carbocycles. The van der Waals surface area contributed by atoms with Crippen LogP contribution < -0.4 is 5.32 Å². The number of benzene rings is 1. The van der Waals surface area contributed by atoms with Gasteiger partial charge in [-0.05, 0) is 43.2 Å². The van der Waals surface area contributed by atoms with Gasteiger partial charge in [0, 0.05) is 5.56 Å². The van der Waals surface area contributed by atoms with E-state index in [1.54, 1.807) is 12.3 Å². The van der Waals surface area contributed by atoms with Crippen molar-refractivity contribution < 1.29 is 9.21 Å². The minimum Gasteiger partial charge on any atom is -0.467 e. The minimum atomic E-state index is -0.0670. The Kier molecular flexibility index (Phi) is 3.28. The second-order valence-corrected chi connectivity index (χ2v) is 4.01. The van der Waals surface area contributed by atoms with E-state index in [4.69, 9.17) is 4.42 Å². The average molecular weight is 229 g/mol. The summed E-state index contributed by atoms with van der Waals surface area (Å²) in [4.78, 5) is 12.0. The summed E-state index contributed by atoms with van der Waals surface area (Å²) in [5, 5.41) is 2.84. The third-order valence-electron chi connectivity index (χ3n) is 2.85. The molecule has 3 nitrogen and oxygen atoms in total. The van der Waals surface area contributed by atoms with E-state index in [-0.39, 0.29) is 5.91 Å². The zero-order valence-corrected chi connectivity index (χ0v) is 9.99. The third kappa shape index (κ3) is 2.56. The molecule has 0 aliphatic carbocycles. The molecule has 17 heavy (non-hydrogen) atoms. The lowest BCUT2D eigenvalue weighted by Crippen LogP contribution is -2.23. The van der Waals surface area contributed by atoms with Crippen LogP contribution in [0.2, 0.25) is 0 Å². The highest BCUT2D eigenvalue weighted by Crippen LogP contribution is 2.12. The highest BCUT2D eigenvalue weighted by molar-refractivity contribution is 5.95. The Balaban J connectivity index is 2.07. The summed E-state index contributed by atoms with van der Waals surface area (Å²) in [5.41, 5.74) is 2.86. The van der Waals surface area contributed by atoms with Crippen LogP contribution in [-0.4, -0.2) is 5.91 Å². The van der Waals surface area contributed by atoms with Crippen molar-refractivity contribution in [1.29, 1.82) is 0 Å². The monoisotopic (exact) mass is 229 g/mol. The lowest BCUT2D eigenvalue weighted by Gasteiger charge is -2.08. The SMILES string of the molecule is Cc1cccc(C(=O)NCc2ccco2)c1C. The number of carbonyl (C=O) groups is 1. The van der Waals surface area contributed by atoms with Gasteiger partial charge in [0.05, 0.1) is 12.8 Å². The van der Waals surface area contributed by atoms with Gasteiger partial charge in [-0.15, -0.1) is 0 Å². The summed E-state index contributed by atoms with van der Waals surface area (Å²) >= 11 is 0. The van der Waals surface area contributed by atoms with Crippen molar-refractivity contribution in [3.05, 3.63) is 59.0 Å². The summed E-state index contributed by atoms with van der Waals surface area (Å²) < 4.78 is 5.16. The van der Waals surface area contributed by atoms with Crippen molar-refractivity contribution in [2.45, 2.75) is 20.4 Å². The number of nitrogens with one attached hydrogen (secondary N) is 1. The van der Waals surface area contributed by atoms with Crippen LogP contribution in [0.1, 0.15) is 27.2 Å². The molecule has 0 spiro atoms. The molecule has 0 atom stereocenters. The number of furan rings is 1. The number of hydrogen-bond donors (Lipinski definition) is 1. The van der Waals surface area contributed by atoms with E-state index in [0.717, 1.165) is 22.5 Å². The van der Waals surface area contributed by atoms with E-state index in [9.17, 15) is 4.79 Å². The molecule has 0 radical (unpaired) electrons. The number of amides is 1. The first kappa shape index (κ1) is 11.5. The van der Waals surface area contributed by atoms with Crippen LogP contribution >= 0.6 is 0 Å². The van der Waals surface area contributed by atoms with Crippen LogP contribution in [0.4, 0.5) is 0 Å². The Hall–Kier alpha value is -2.03. The zero-order chi connectivity index (χ0) is 12.3. The number of hydrogen-bond acceptors (Lipinski definition) is 2. The molecule has 0 aliphatic rings. The second kappa shape index (κ2) is 4.87. The van der Waals surface area contributed by atoms with Gasteiger partial charge >= 0.3 is 0 Å². The van der Waals surface area contributed by atoms with Gasteiger partial charge in [0.15, 0.2) is 0 Å². The molecule has 0 unspecified atom stereocenters. The molecule has 0 saturated heterocycles. The standard InChI is InChI=1S/C14H15NO2/c1-10-5-3-7-13(11(10)2)14(16)15-9-12-6-4-8-17-12/h3-8H,9H2,1-2H3,(H,15,16). The van der Waals surface area contributed by atoms with E-state index in [2.05, 4.69) is 5.32 Å². The Morgan fingerprint density at radius 1 is 1.24 bits per heavy atom. The van der Waals surface area contributed by atoms with Gasteiger partial charge in [0.1, 0.15) is 5.76 Å². The maximum absolute atomic E-state index is 12.0. The Bertz CT molecular complexity index is 515. The fourth-order valence-electron chi connectivity index (χ4n) is 1.67. The molecule has 3 heteroatoms. The maximum Gasteiger partial charge on any atom is 0.251 e. The van der Waals surface area contributed by atoms with Crippen LogP contribution in [0.25, 0.3) is 0 Å². The highest BCUT2D eigenvalue weighted by Gasteiger charge is 2.09. The van der Waals surface area contributed by atoms with E-state index in [1.807, 2.05) is 38.1 Å². The van der Waals surface area contributed by atoms with Gasteiger partial charge in [-0.2, -0.15) is 0 Å². The molecule has 2 aromatic rings. The Morgan fingerprint density at radius 2 is 2.06 bits per heavy atom.